The van der Waals surface area contributed by atoms with E-state index >= 15 is 0 Å². The summed E-state index contributed by atoms with van der Waals surface area (Å²) in [5.41, 5.74) is 7.88. The van der Waals surface area contributed by atoms with Crippen molar-refractivity contribution >= 4 is 17.3 Å². The topological polar surface area (TPSA) is 49.6 Å². The van der Waals surface area contributed by atoms with Gasteiger partial charge in [0.15, 0.2) is 0 Å². The third-order valence-electron chi connectivity index (χ3n) is 3.49. The summed E-state index contributed by atoms with van der Waals surface area (Å²) in [4.78, 5) is 16.2. The Hall–Kier alpha value is -1.71. The molecule has 0 bridgehead atoms. The van der Waals surface area contributed by atoms with Crippen molar-refractivity contribution in [1.29, 1.82) is 0 Å². The zero-order valence-corrected chi connectivity index (χ0v) is 11.8. The summed E-state index contributed by atoms with van der Waals surface area (Å²) in [6.07, 6.45) is 0.646. The molecule has 19 heavy (non-hydrogen) atoms. The molecule has 1 aromatic rings. The molecule has 2 N–H and O–H groups in total. The van der Waals surface area contributed by atoms with Crippen molar-refractivity contribution in [3.05, 3.63) is 24.3 Å². The summed E-state index contributed by atoms with van der Waals surface area (Å²) in [6.45, 7) is 7.47. The fourth-order valence-electron chi connectivity index (χ4n) is 2.45. The van der Waals surface area contributed by atoms with Gasteiger partial charge in [-0.1, -0.05) is 26.0 Å². The number of nitrogen functional groups attached to an aromatic ring is 1. The molecule has 0 atom stereocenters. The second-order valence-corrected chi connectivity index (χ2v) is 5.52. The molecule has 4 heteroatoms. The number of carbonyl (C=O) groups excluding carboxylic acids is 1. The molecule has 4 nitrogen and oxygen atoms in total. The quantitative estimate of drug-likeness (QED) is 0.846. The molecule has 1 heterocycles. The molecule has 0 spiro atoms. The Bertz CT molecular complexity index is 437. The summed E-state index contributed by atoms with van der Waals surface area (Å²) in [5, 5.41) is 0. The molecule has 1 fully saturated rings. The number of hydrogen-bond donors (Lipinski definition) is 1. The third kappa shape index (κ3) is 3.40. The molecule has 1 saturated heterocycles. The normalized spacial score (nSPS) is 15.9. The largest absolute Gasteiger partial charge is 0.397 e. The van der Waals surface area contributed by atoms with E-state index in [9.17, 15) is 4.79 Å². The Balaban J connectivity index is 1.93. The lowest BCUT2D eigenvalue weighted by molar-refractivity contribution is -0.132. The van der Waals surface area contributed by atoms with Gasteiger partial charge in [-0.3, -0.25) is 4.79 Å². The zero-order valence-electron chi connectivity index (χ0n) is 11.8. The first-order valence-electron chi connectivity index (χ1n) is 6.95. The van der Waals surface area contributed by atoms with E-state index in [4.69, 9.17) is 5.73 Å². The maximum absolute atomic E-state index is 12.0. The van der Waals surface area contributed by atoms with Crippen molar-refractivity contribution in [2.45, 2.75) is 20.3 Å². The Morgan fingerprint density at radius 2 is 1.84 bits per heavy atom. The van der Waals surface area contributed by atoms with Gasteiger partial charge < -0.3 is 15.5 Å². The fourth-order valence-corrected chi connectivity index (χ4v) is 2.45. The Kier molecular flexibility index (Phi) is 4.30. The number of piperazine rings is 1. The van der Waals surface area contributed by atoms with E-state index < -0.39 is 0 Å². The maximum Gasteiger partial charge on any atom is 0.222 e. The van der Waals surface area contributed by atoms with Crippen LogP contribution in [0, 0.1) is 5.92 Å². The van der Waals surface area contributed by atoms with Crippen LogP contribution in [-0.4, -0.2) is 37.0 Å². The van der Waals surface area contributed by atoms with Gasteiger partial charge in [0.25, 0.3) is 0 Å². The number of hydrogen-bond acceptors (Lipinski definition) is 3. The van der Waals surface area contributed by atoms with Crippen LogP contribution in [0.4, 0.5) is 11.4 Å². The number of anilines is 2. The van der Waals surface area contributed by atoms with Gasteiger partial charge in [0, 0.05) is 32.6 Å². The lowest BCUT2D eigenvalue weighted by Gasteiger charge is -2.36. The van der Waals surface area contributed by atoms with Crippen LogP contribution in [0.5, 0.6) is 0 Å². The van der Waals surface area contributed by atoms with Gasteiger partial charge in [-0.15, -0.1) is 0 Å². The standard InChI is InChI=1S/C15H23N3O/c1-12(2)11-15(19)18-9-7-17(8-10-18)14-6-4-3-5-13(14)16/h3-6,12H,7-11,16H2,1-2H3. The summed E-state index contributed by atoms with van der Waals surface area (Å²) >= 11 is 0. The predicted molar refractivity (Wildman–Crippen MR) is 79.1 cm³/mol. The molecule has 0 aliphatic carbocycles. The SMILES string of the molecule is CC(C)CC(=O)N1CCN(c2ccccc2N)CC1. The molecule has 2 rings (SSSR count). The number of rotatable bonds is 3. The summed E-state index contributed by atoms with van der Waals surface area (Å²) in [5.74, 6) is 0.700. The van der Waals surface area contributed by atoms with Crippen LogP contribution in [0.1, 0.15) is 20.3 Å². The van der Waals surface area contributed by atoms with Crippen molar-refractivity contribution in [1.82, 2.24) is 4.90 Å². The van der Waals surface area contributed by atoms with Gasteiger partial charge in [-0.2, -0.15) is 0 Å². The molecule has 0 aromatic heterocycles. The van der Waals surface area contributed by atoms with E-state index in [0.29, 0.717) is 12.3 Å². The number of benzene rings is 1. The van der Waals surface area contributed by atoms with Crippen LogP contribution in [0.15, 0.2) is 24.3 Å². The summed E-state index contributed by atoms with van der Waals surface area (Å²) in [7, 11) is 0. The Labute approximate surface area is 115 Å². The van der Waals surface area contributed by atoms with Crippen LogP contribution in [0.25, 0.3) is 0 Å². The number of para-hydroxylation sites is 2. The molecule has 0 unspecified atom stereocenters. The highest BCUT2D eigenvalue weighted by Crippen LogP contribution is 2.23. The summed E-state index contributed by atoms with van der Waals surface area (Å²) < 4.78 is 0. The number of nitrogens with two attached hydrogens (primary N) is 1. The molecular weight excluding hydrogens is 238 g/mol. The maximum atomic E-state index is 12.0. The lowest BCUT2D eigenvalue weighted by Crippen LogP contribution is -2.49. The van der Waals surface area contributed by atoms with Crippen molar-refractivity contribution in [2.75, 3.05) is 36.8 Å². The van der Waals surface area contributed by atoms with Gasteiger partial charge in [0.1, 0.15) is 0 Å². The van der Waals surface area contributed by atoms with E-state index in [2.05, 4.69) is 18.7 Å². The van der Waals surface area contributed by atoms with E-state index in [1.165, 1.54) is 0 Å². The van der Waals surface area contributed by atoms with Gasteiger partial charge >= 0.3 is 0 Å². The molecule has 1 aromatic carbocycles. The Morgan fingerprint density at radius 3 is 2.42 bits per heavy atom. The number of nitrogens with zero attached hydrogens (tertiary/aromatic N) is 2. The first kappa shape index (κ1) is 13.7. The van der Waals surface area contributed by atoms with Gasteiger partial charge in [-0.25, -0.2) is 0 Å². The van der Waals surface area contributed by atoms with E-state index in [1.807, 2.05) is 29.2 Å². The molecule has 1 aliphatic heterocycles. The lowest BCUT2D eigenvalue weighted by atomic mass is 10.1. The monoisotopic (exact) mass is 261 g/mol. The minimum Gasteiger partial charge on any atom is -0.397 e. The molecule has 0 radical (unpaired) electrons. The second-order valence-electron chi connectivity index (χ2n) is 5.52. The first-order chi connectivity index (χ1) is 9.08. The smallest absolute Gasteiger partial charge is 0.222 e. The Morgan fingerprint density at radius 1 is 1.21 bits per heavy atom. The minimum absolute atomic E-state index is 0.274. The summed E-state index contributed by atoms with van der Waals surface area (Å²) in [6, 6.07) is 7.91. The van der Waals surface area contributed by atoms with E-state index in [-0.39, 0.29) is 5.91 Å². The molecule has 1 aliphatic rings. The first-order valence-corrected chi connectivity index (χ1v) is 6.95. The van der Waals surface area contributed by atoms with Gasteiger partial charge in [0.2, 0.25) is 5.91 Å². The highest BCUT2D eigenvalue weighted by Gasteiger charge is 2.22. The van der Waals surface area contributed by atoms with Gasteiger partial charge in [0.05, 0.1) is 11.4 Å². The van der Waals surface area contributed by atoms with Crippen molar-refractivity contribution in [2.24, 2.45) is 5.92 Å². The average molecular weight is 261 g/mol. The highest BCUT2D eigenvalue weighted by molar-refractivity contribution is 5.77. The molecule has 1 amide bonds. The number of carbonyl (C=O) groups is 1. The van der Waals surface area contributed by atoms with Crippen molar-refractivity contribution in [3.8, 4) is 0 Å². The van der Waals surface area contributed by atoms with Gasteiger partial charge in [-0.05, 0) is 18.1 Å². The van der Waals surface area contributed by atoms with Crippen LogP contribution in [-0.2, 0) is 4.79 Å². The minimum atomic E-state index is 0.274. The molecular formula is C15H23N3O. The van der Waals surface area contributed by atoms with Crippen LogP contribution >= 0.6 is 0 Å². The van der Waals surface area contributed by atoms with Crippen molar-refractivity contribution < 1.29 is 4.79 Å². The fraction of sp³-hybridized carbons (Fsp3) is 0.533. The molecule has 0 saturated carbocycles. The van der Waals surface area contributed by atoms with Crippen LogP contribution < -0.4 is 10.6 Å². The van der Waals surface area contributed by atoms with E-state index in [1.54, 1.807) is 0 Å². The number of amides is 1. The third-order valence-corrected chi connectivity index (χ3v) is 3.49. The zero-order chi connectivity index (χ0) is 13.8. The van der Waals surface area contributed by atoms with Crippen LogP contribution in [0.3, 0.4) is 0 Å². The predicted octanol–water partition coefficient (Wildman–Crippen LogP) is 1.96. The second kappa shape index (κ2) is 5.95. The van der Waals surface area contributed by atoms with E-state index in [0.717, 1.165) is 37.6 Å². The average Bonchev–Trinajstić information content (AvgIpc) is 2.39. The highest BCUT2D eigenvalue weighted by atomic mass is 16.2. The van der Waals surface area contributed by atoms with Crippen molar-refractivity contribution in [3.63, 3.8) is 0 Å². The van der Waals surface area contributed by atoms with Crippen LogP contribution in [0.2, 0.25) is 0 Å². The molecule has 104 valence electrons.